The van der Waals surface area contributed by atoms with Crippen LogP contribution >= 0.6 is 10.8 Å². The van der Waals surface area contributed by atoms with Crippen LogP contribution in [0, 0.1) is 0 Å². The first-order valence-corrected chi connectivity index (χ1v) is 6.88. The van der Waals surface area contributed by atoms with Gasteiger partial charge in [-0.1, -0.05) is 0 Å². The van der Waals surface area contributed by atoms with Crippen LogP contribution in [-0.2, 0) is 8.87 Å². The highest BCUT2D eigenvalue weighted by Crippen LogP contribution is 2.25. The van der Waals surface area contributed by atoms with E-state index in [1.54, 1.807) is 18.3 Å². The summed E-state index contributed by atoms with van der Waals surface area (Å²) in [5.41, 5.74) is 0.900. The van der Waals surface area contributed by atoms with Gasteiger partial charge in [0.2, 0.25) is 8.87 Å². The smallest absolute Gasteiger partial charge is 0.273 e. The third-order valence-corrected chi connectivity index (χ3v) is 3.32. The van der Waals surface area contributed by atoms with Crippen LogP contribution in [0.4, 0.5) is 0 Å². The van der Waals surface area contributed by atoms with Crippen molar-refractivity contribution >= 4 is 30.9 Å². The molecule has 14 heavy (non-hydrogen) atoms. The first kappa shape index (κ1) is 9.47. The van der Waals surface area contributed by atoms with Crippen LogP contribution in [0.2, 0.25) is 0 Å². The molecule has 0 fully saturated rings. The zero-order valence-corrected chi connectivity index (χ0v) is 8.80. The molecule has 0 radical (unpaired) electrons. The molecule has 0 unspecified atom stereocenters. The summed E-state index contributed by atoms with van der Waals surface area (Å²) in [7, 11) is -2.61. The molecular formula is C7H6N2O3S2. The molecule has 0 saturated heterocycles. The molecule has 0 saturated carbocycles. The van der Waals surface area contributed by atoms with Crippen LogP contribution in [-0.4, -0.2) is 24.6 Å². The Balaban J connectivity index is 2.46. The Morgan fingerprint density at radius 2 is 2.29 bits per heavy atom. The van der Waals surface area contributed by atoms with Gasteiger partial charge in [-0.2, -0.15) is 4.98 Å². The zero-order valence-electron chi connectivity index (χ0n) is 7.17. The number of oxazole rings is 1. The van der Waals surface area contributed by atoms with E-state index in [1.165, 1.54) is 0 Å². The van der Waals surface area contributed by atoms with Gasteiger partial charge in [-0.05, 0) is 12.1 Å². The van der Waals surface area contributed by atoms with Crippen LogP contribution in [0.1, 0.15) is 0 Å². The number of fused-ring (bicyclic) bond motifs is 1. The largest absolute Gasteiger partial charge is 0.429 e. The van der Waals surface area contributed by atoms with E-state index in [0.717, 1.165) is 6.26 Å². The van der Waals surface area contributed by atoms with E-state index in [0.29, 0.717) is 22.0 Å². The van der Waals surface area contributed by atoms with Gasteiger partial charge in [0, 0.05) is 12.5 Å². The lowest BCUT2D eigenvalue weighted by Crippen LogP contribution is -1.87. The highest BCUT2D eigenvalue weighted by Gasteiger charge is 2.12. The topological polar surface area (TPSA) is 73.1 Å². The maximum absolute atomic E-state index is 10.9. The normalized spacial score (nSPS) is 12.1. The number of rotatable bonds is 2. The predicted molar refractivity (Wildman–Crippen MR) is 52.5 cm³/mol. The van der Waals surface area contributed by atoms with Crippen molar-refractivity contribution in [3.05, 3.63) is 18.3 Å². The van der Waals surface area contributed by atoms with E-state index in [9.17, 15) is 8.42 Å². The summed E-state index contributed by atoms with van der Waals surface area (Å²) in [6, 6.07) is 3.38. The third kappa shape index (κ3) is 2.05. The Morgan fingerprint density at radius 1 is 1.50 bits per heavy atom. The molecule has 0 aromatic carbocycles. The van der Waals surface area contributed by atoms with Crippen molar-refractivity contribution < 1.29 is 12.8 Å². The SMILES string of the molecule is CS(=O)(=O)Sc1nc2ncccc2o1. The van der Waals surface area contributed by atoms with E-state index in [1.807, 2.05) is 0 Å². The Bertz CT molecular complexity index is 528. The average Bonchev–Trinajstić information content (AvgIpc) is 2.42. The maximum Gasteiger partial charge on any atom is 0.273 e. The molecular weight excluding hydrogens is 224 g/mol. The van der Waals surface area contributed by atoms with Gasteiger partial charge in [0.1, 0.15) is 0 Å². The summed E-state index contributed by atoms with van der Waals surface area (Å²) >= 11 is 0. The van der Waals surface area contributed by atoms with Crippen LogP contribution in [0.3, 0.4) is 0 Å². The first-order valence-electron chi connectivity index (χ1n) is 3.65. The maximum atomic E-state index is 10.9. The fourth-order valence-corrected chi connectivity index (χ4v) is 2.41. The molecule has 0 aliphatic carbocycles. The van der Waals surface area contributed by atoms with Gasteiger partial charge in [0.15, 0.2) is 11.2 Å². The molecule has 0 aliphatic heterocycles. The van der Waals surface area contributed by atoms with Gasteiger partial charge in [-0.25, -0.2) is 13.4 Å². The summed E-state index contributed by atoms with van der Waals surface area (Å²) in [6.07, 6.45) is 2.67. The molecule has 0 atom stereocenters. The summed E-state index contributed by atoms with van der Waals surface area (Å²) in [5.74, 6) is 0. The van der Waals surface area contributed by atoms with Crippen molar-refractivity contribution in [3.63, 3.8) is 0 Å². The lowest BCUT2D eigenvalue weighted by atomic mass is 10.5. The van der Waals surface area contributed by atoms with Gasteiger partial charge in [0.05, 0.1) is 10.8 Å². The van der Waals surface area contributed by atoms with Crippen molar-refractivity contribution in [2.24, 2.45) is 0 Å². The quantitative estimate of drug-likeness (QED) is 0.723. The minimum absolute atomic E-state index is 0.0983. The van der Waals surface area contributed by atoms with Gasteiger partial charge in [-0.3, -0.25) is 0 Å². The standard InChI is InChI=1S/C7H6N2O3S2/c1-14(10,11)13-7-9-6-5(12-7)3-2-4-8-6/h2-4H,1H3. The van der Waals surface area contributed by atoms with E-state index < -0.39 is 8.87 Å². The molecule has 74 valence electrons. The van der Waals surface area contributed by atoms with E-state index in [2.05, 4.69) is 9.97 Å². The Kier molecular flexibility index (Phi) is 2.20. The molecule has 0 N–H and O–H groups in total. The second kappa shape index (κ2) is 3.25. The molecule has 0 spiro atoms. The molecule has 2 heterocycles. The number of hydrogen-bond acceptors (Lipinski definition) is 6. The van der Waals surface area contributed by atoms with Crippen LogP contribution in [0.15, 0.2) is 28.0 Å². The van der Waals surface area contributed by atoms with E-state index in [-0.39, 0.29) is 5.22 Å². The average molecular weight is 230 g/mol. The van der Waals surface area contributed by atoms with Gasteiger partial charge >= 0.3 is 0 Å². The van der Waals surface area contributed by atoms with Crippen LogP contribution in [0.25, 0.3) is 11.2 Å². The number of aromatic nitrogens is 2. The number of nitrogens with zero attached hydrogens (tertiary/aromatic N) is 2. The van der Waals surface area contributed by atoms with Crippen molar-refractivity contribution in [2.75, 3.05) is 6.26 Å². The van der Waals surface area contributed by atoms with Crippen LogP contribution in [0.5, 0.6) is 0 Å². The molecule has 5 nitrogen and oxygen atoms in total. The highest BCUT2D eigenvalue weighted by atomic mass is 33.1. The molecule has 0 aliphatic rings. The molecule has 7 heteroatoms. The fraction of sp³-hybridized carbons (Fsp3) is 0.143. The number of hydrogen-bond donors (Lipinski definition) is 0. The lowest BCUT2D eigenvalue weighted by Gasteiger charge is -1.88. The lowest BCUT2D eigenvalue weighted by molar-refractivity contribution is 0.490. The van der Waals surface area contributed by atoms with Crippen molar-refractivity contribution in [3.8, 4) is 0 Å². The number of pyridine rings is 1. The van der Waals surface area contributed by atoms with Crippen molar-refractivity contribution in [2.45, 2.75) is 5.22 Å². The van der Waals surface area contributed by atoms with Crippen LogP contribution < -0.4 is 0 Å². The van der Waals surface area contributed by atoms with E-state index >= 15 is 0 Å². The van der Waals surface area contributed by atoms with Gasteiger partial charge in [0.25, 0.3) is 5.22 Å². The zero-order chi connectivity index (χ0) is 10.2. The summed E-state index contributed by atoms with van der Waals surface area (Å²) < 4.78 is 27.0. The molecule has 2 aromatic heterocycles. The highest BCUT2D eigenvalue weighted by molar-refractivity contribution is 8.71. The molecule has 0 amide bonds. The fourth-order valence-electron chi connectivity index (χ4n) is 0.914. The predicted octanol–water partition coefficient (Wildman–Crippen LogP) is 1.27. The third-order valence-electron chi connectivity index (χ3n) is 1.37. The summed E-state index contributed by atoms with van der Waals surface area (Å²) in [6.45, 7) is 0. The second-order valence-corrected chi connectivity index (χ2v) is 6.83. The molecule has 0 bridgehead atoms. The van der Waals surface area contributed by atoms with E-state index in [4.69, 9.17) is 4.42 Å². The van der Waals surface area contributed by atoms with Gasteiger partial charge < -0.3 is 4.42 Å². The van der Waals surface area contributed by atoms with Gasteiger partial charge in [-0.15, -0.1) is 0 Å². The van der Waals surface area contributed by atoms with Crippen molar-refractivity contribution in [1.82, 2.24) is 9.97 Å². The monoisotopic (exact) mass is 230 g/mol. The second-order valence-electron chi connectivity index (χ2n) is 2.59. The minimum Gasteiger partial charge on any atom is -0.429 e. The molecule has 2 aromatic rings. The minimum atomic E-state index is -3.19. The summed E-state index contributed by atoms with van der Waals surface area (Å²) in [5, 5.41) is 0.0983. The Hall–Kier alpha value is -1.08. The van der Waals surface area contributed by atoms with Crippen molar-refractivity contribution in [1.29, 1.82) is 0 Å². The summed E-state index contributed by atoms with van der Waals surface area (Å²) in [4.78, 5) is 7.82. The Labute approximate surface area is 83.9 Å². The first-order chi connectivity index (χ1) is 6.54. The molecule has 2 rings (SSSR count). The Morgan fingerprint density at radius 3 is 2.93 bits per heavy atom.